The summed E-state index contributed by atoms with van der Waals surface area (Å²) in [6.07, 6.45) is 78.6. The summed E-state index contributed by atoms with van der Waals surface area (Å²) in [5, 5.41) is 0. The van der Waals surface area contributed by atoms with Gasteiger partial charge in [0.1, 0.15) is 0 Å². The minimum absolute atomic E-state index is 0. The summed E-state index contributed by atoms with van der Waals surface area (Å²) in [6.45, 7) is 12.4. The minimum atomic E-state index is 0. The molecule has 0 saturated carbocycles. The molecule has 360 valence electrons. The van der Waals surface area contributed by atoms with Gasteiger partial charge in [-0.25, -0.2) is 0 Å². The van der Waals surface area contributed by atoms with Gasteiger partial charge in [-0.05, 0) is 0 Å². The fraction of sp³-hybridized carbons (Fsp3) is 0.966. The van der Waals surface area contributed by atoms with Crippen LogP contribution >= 0.6 is 0 Å². The van der Waals surface area contributed by atoms with Gasteiger partial charge in [-0.1, -0.05) is 348 Å². The molecule has 1 heteroatoms. The normalized spacial score (nSPS) is 11.2. The van der Waals surface area contributed by atoms with Crippen LogP contribution in [0.1, 0.15) is 361 Å². The summed E-state index contributed by atoms with van der Waals surface area (Å²) >= 11 is 0. The maximum absolute atomic E-state index is 3.92. The van der Waals surface area contributed by atoms with Crippen LogP contribution in [0.4, 0.5) is 0 Å². The van der Waals surface area contributed by atoms with Crippen LogP contribution in [0.2, 0.25) is 0 Å². The minimum Gasteiger partial charge on any atom is -0.343 e. The Morgan fingerprint density at radius 3 is 0.322 bits per heavy atom. The van der Waals surface area contributed by atoms with Gasteiger partial charge in [-0.2, -0.15) is 12.8 Å². The van der Waals surface area contributed by atoms with Crippen LogP contribution in [0.5, 0.6) is 0 Å². The molecule has 59 heavy (non-hydrogen) atoms. The zero-order valence-corrected chi connectivity index (χ0v) is 42.9. The molecular formula is C58H118Ni. The van der Waals surface area contributed by atoms with Crippen LogP contribution in [-0.2, 0) is 16.5 Å². The van der Waals surface area contributed by atoms with Gasteiger partial charge in [0, 0.05) is 0 Å². The van der Waals surface area contributed by atoms with E-state index in [1.807, 2.05) is 0 Å². The molecule has 0 aliphatic carbocycles. The second kappa shape index (κ2) is 65.1. The Labute approximate surface area is 389 Å². The fourth-order valence-electron chi connectivity index (χ4n) is 8.99. The van der Waals surface area contributed by atoms with Gasteiger partial charge in [0.05, 0.1) is 0 Å². The molecule has 0 rings (SSSR count). The number of unbranched alkanes of at least 4 members (excludes halogenated alkanes) is 52. The zero-order valence-electron chi connectivity index (χ0n) is 41.9. The van der Waals surface area contributed by atoms with Crippen molar-refractivity contribution in [3.05, 3.63) is 13.8 Å². The SMILES string of the molecule is [CH2-]CCCCCCCCCCCCCCCCCCCCCCCCCCCC.[CH2-]CCCCCCCCCCCCCCCCCCCCCCCCCCCC.[Ni+2]. The standard InChI is InChI=1S/2C29H59.Ni/c2*1-3-5-7-9-11-13-15-17-19-21-23-25-27-29-28-26-24-22-20-18-16-14-12-10-8-6-4-2;/h2*1,3-29H2,2H3;/q2*-1;+2. The summed E-state index contributed by atoms with van der Waals surface area (Å²) in [5.41, 5.74) is 0. The molecule has 0 fully saturated rings. The Kier molecular flexibility index (Phi) is 70.4. The molecular weight excluding hydrogens is 755 g/mol. The van der Waals surface area contributed by atoms with Gasteiger partial charge in [0.25, 0.3) is 0 Å². The van der Waals surface area contributed by atoms with Crippen LogP contribution in [0.3, 0.4) is 0 Å². The summed E-state index contributed by atoms with van der Waals surface area (Å²) in [4.78, 5) is 0. The Morgan fingerprint density at radius 2 is 0.237 bits per heavy atom. The quantitative estimate of drug-likeness (QED) is 0.0325. The molecule has 0 atom stereocenters. The van der Waals surface area contributed by atoms with E-state index in [9.17, 15) is 0 Å². The molecule has 0 saturated heterocycles. The molecule has 0 amide bonds. The van der Waals surface area contributed by atoms with Gasteiger partial charge >= 0.3 is 16.5 Å². The molecule has 0 aromatic heterocycles. The monoisotopic (exact) mass is 873 g/mol. The third-order valence-corrected chi connectivity index (χ3v) is 13.2. The third-order valence-electron chi connectivity index (χ3n) is 13.2. The fourth-order valence-corrected chi connectivity index (χ4v) is 8.99. The predicted octanol–water partition coefficient (Wildman–Crippen LogP) is 22.7. The topological polar surface area (TPSA) is 0 Å². The Bertz CT molecular complexity index is 523. The summed E-state index contributed by atoms with van der Waals surface area (Å²) in [5.74, 6) is 0. The number of hydrogen-bond donors (Lipinski definition) is 0. The molecule has 0 aliphatic heterocycles. The smallest absolute Gasteiger partial charge is 0.343 e. The Hall–Kier alpha value is 0.494. The van der Waals surface area contributed by atoms with E-state index < -0.39 is 0 Å². The van der Waals surface area contributed by atoms with Gasteiger partial charge in [0.15, 0.2) is 0 Å². The largest absolute Gasteiger partial charge is 2.00 e. The second-order valence-corrected chi connectivity index (χ2v) is 19.4. The van der Waals surface area contributed by atoms with E-state index in [-0.39, 0.29) is 16.5 Å². The first-order chi connectivity index (χ1) is 28.8. The number of rotatable bonds is 52. The van der Waals surface area contributed by atoms with Crippen molar-refractivity contribution in [3.8, 4) is 0 Å². The van der Waals surface area contributed by atoms with E-state index in [4.69, 9.17) is 0 Å². The van der Waals surface area contributed by atoms with E-state index in [1.165, 1.54) is 334 Å². The average Bonchev–Trinajstić information content (AvgIpc) is 3.24. The van der Waals surface area contributed by atoms with Crippen molar-refractivity contribution in [2.75, 3.05) is 0 Å². The molecule has 0 unspecified atom stereocenters. The van der Waals surface area contributed by atoms with Gasteiger partial charge in [-0.15, -0.1) is 0 Å². The maximum Gasteiger partial charge on any atom is 2.00 e. The molecule has 0 N–H and O–H groups in total. The molecule has 0 aromatic rings. The van der Waals surface area contributed by atoms with E-state index in [0.717, 1.165) is 12.8 Å². The zero-order chi connectivity index (χ0) is 42.2. The van der Waals surface area contributed by atoms with Crippen molar-refractivity contribution in [2.45, 2.75) is 361 Å². The average molecular weight is 874 g/mol. The molecule has 0 bridgehead atoms. The van der Waals surface area contributed by atoms with Crippen molar-refractivity contribution in [1.82, 2.24) is 0 Å². The molecule has 0 spiro atoms. The molecule has 0 heterocycles. The van der Waals surface area contributed by atoms with Gasteiger partial charge in [-0.3, -0.25) is 0 Å². The first-order valence-electron chi connectivity index (χ1n) is 28.4. The van der Waals surface area contributed by atoms with E-state index >= 15 is 0 Å². The first-order valence-corrected chi connectivity index (χ1v) is 28.4. The molecule has 0 nitrogen and oxygen atoms in total. The van der Waals surface area contributed by atoms with Crippen LogP contribution in [0.15, 0.2) is 0 Å². The first kappa shape index (κ1) is 63.8. The van der Waals surface area contributed by atoms with Gasteiger partial charge < -0.3 is 13.8 Å². The van der Waals surface area contributed by atoms with E-state index in [1.54, 1.807) is 0 Å². The van der Waals surface area contributed by atoms with Crippen molar-refractivity contribution < 1.29 is 16.5 Å². The van der Waals surface area contributed by atoms with Crippen LogP contribution in [0.25, 0.3) is 0 Å². The Balaban J connectivity index is -0.00000105. The summed E-state index contributed by atoms with van der Waals surface area (Å²) < 4.78 is 0. The van der Waals surface area contributed by atoms with Crippen LogP contribution < -0.4 is 0 Å². The molecule has 0 aromatic carbocycles. The van der Waals surface area contributed by atoms with Crippen molar-refractivity contribution in [3.63, 3.8) is 0 Å². The van der Waals surface area contributed by atoms with Crippen molar-refractivity contribution in [1.29, 1.82) is 0 Å². The van der Waals surface area contributed by atoms with Gasteiger partial charge in [0.2, 0.25) is 0 Å². The number of hydrogen-bond acceptors (Lipinski definition) is 0. The summed E-state index contributed by atoms with van der Waals surface area (Å²) in [6, 6.07) is 0. The Morgan fingerprint density at radius 1 is 0.153 bits per heavy atom. The second-order valence-electron chi connectivity index (χ2n) is 19.4. The van der Waals surface area contributed by atoms with Crippen molar-refractivity contribution >= 4 is 0 Å². The van der Waals surface area contributed by atoms with Crippen LogP contribution in [-0.4, -0.2) is 0 Å². The molecule has 0 aliphatic rings. The van der Waals surface area contributed by atoms with E-state index in [0.29, 0.717) is 0 Å². The maximum atomic E-state index is 3.92. The predicted molar refractivity (Wildman–Crippen MR) is 271 cm³/mol. The summed E-state index contributed by atoms with van der Waals surface area (Å²) in [7, 11) is 0. The van der Waals surface area contributed by atoms with E-state index in [2.05, 4.69) is 27.7 Å². The molecule has 0 radical (unpaired) electrons. The third kappa shape index (κ3) is 67.7. The van der Waals surface area contributed by atoms with Crippen LogP contribution in [0, 0.1) is 13.8 Å². The van der Waals surface area contributed by atoms with Crippen molar-refractivity contribution in [2.24, 2.45) is 0 Å².